The van der Waals surface area contributed by atoms with Crippen molar-refractivity contribution in [3.8, 4) is 22.8 Å². The van der Waals surface area contributed by atoms with Crippen LogP contribution in [0, 0.1) is 0 Å². The second-order valence-electron chi connectivity index (χ2n) is 8.01. The molecule has 2 aromatic rings. The fourth-order valence-corrected chi connectivity index (χ4v) is 3.92. The maximum Gasteiger partial charge on any atom is 0.242 e. The van der Waals surface area contributed by atoms with E-state index in [1.54, 1.807) is 19.1 Å². The SMILES string of the molecule is CCCN(CC(=O)N1CCCN(c2ccc(-c3ccc(OC)c(OC)c3)nn2)CC1)C(C)=O. The summed E-state index contributed by atoms with van der Waals surface area (Å²) in [7, 11) is 3.21. The monoisotopic (exact) mass is 455 g/mol. The van der Waals surface area contributed by atoms with Crippen molar-refractivity contribution >= 4 is 17.6 Å². The Bertz CT molecular complexity index is 950. The summed E-state index contributed by atoms with van der Waals surface area (Å²) in [6.07, 6.45) is 1.66. The van der Waals surface area contributed by atoms with E-state index in [9.17, 15) is 9.59 Å². The van der Waals surface area contributed by atoms with E-state index < -0.39 is 0 Å². The molecule has 0 bridgehead atoms. The first-order valence-electron chi connectivity index (χ1n) is 11.3. The molecule has 1 aromatic carbocycles. The van der Waals surface area contributed by atoms with Gasteiger partial charge in [0.15, 0.2) is 17.3 Å². The van der Waals surface area contributed by atoms with Gasteiger partial charge in [-0.2, -0.15) is 0 Å². The molecular formula is C24H33N5O4. The van der Waals surface area contributed by atoms with Crippen LogP contribution in [0.3, 0.4) is 0 Å². The molecule has 2 amide bonds. The smallest absolute Gasteiger partial charge is 0.242 e. The molecule has 0 atom stereocenters. The zero-order valence-electron chi connectivity index (χ0n) is 19.9. The number of nitrogens with zero attached hydrogens (tertiary/aromatic N) is 5. The van der Waals surface area contributed by atoms with E-state index in [1.165, 1.54) is 6.92 Å². The first kappa shape index (κ1) is 24.3. The maximum atomic E-state index is 12.7. The lowest BCUT2D eigenvalue weighted by atomic mass is 10.1. The van der Waals surface area contributed by atoms with E-state index in [4.69, 9.17) is 9.47 Å². The number of carbonyl (C=O) groups excluding carboxylic acids is 2. The number of ether oxygens (including phenoxy) is 2. The molecular weight excluding hydrogens is 422 g/mol. The van der Waals surface area contributed by atoms with Gasteiger partial charge in [0.05, 0.1) is 26.5 Å². The molecule has 33 heavy (non-hydrogen) atoms. The molecule has 0 saturated carbocycles. The van der Waals surface area contributed by atoms with Gasteiger partial charge in [-0.15, -0.1) is 10.2 Å². The molecule has 2 heterocycles. The number of anilines is 1. The van der Waals surface area contributed by atoms with E-state index in [0.29, 0.717) is 37.7 Å². The summed E-state index contributed by atoms with van der Waals surface area (Å²) in [5, 5.41) is 8.84. The molecule has 0 aliphatic carbocycles. The minimum absolute atomic E-state index is 0.00427. The summed E-state index contributed by atoms with van der Waals surface area (Å²) < 4.78 is 10.7. The minimum Gasteiger partial charge on any atom is -0.493 e. The van der Waals surface area contributed by atoms with Crippen LogP contribution in [0.15, 0.2) is 30.3 Å². The Hall–Kier alpha value is -3.36. The van der Waals surface area contributed by atoms with Gasteiger partial charge in [-0.3, -0.25) is 9.59 Å². The average Bonchev–Trinajstić information content (AvgIpc) is 3.10. The fourth-order valence-electron chi connectivity index (χ4n) is 3.92. The number of methoxy groups -OCH3 is 2. The highest BCUT2D eigenvalue weighted by Crippen LogP contribution is 2.31. The molecule has 0 N–H and O–H groups in total. The fraction of sp³-hybridized carbons (Fsp3) is 0.500. The molecule has 9 nitrogen and oxygen atoms in total. The van der Waals surface area contributed by atoms with Crippen LogP contribution in [0.25, 0.3) is 11.3 Å². The standard InChI is InChI=1S/C24H33N5O4/c1-5-11-29(18(2)30)17-24(31)28-13-6-12-27(14-15-28)23-10-8-20(25-26-23)19-7-9-21(32-3)22(16-19)33-4/h7-10,16H,5-6,11-15,17H2,1-4H3. The Labute approximate surface area is 195 Å². The maximum absolute atomic E-state index is 12.7. The second-order valence-corrected chi connectivity index (χ2v) is 8.01. The number of benzene rings is 1. The van der Waals surface area contributed by atoms with Crippen LogP contribution in [0.4, 0.5) is 5.82 Å². The number of hydrogen-bond donors (Lipinski definition) is 0. The number of amides is 2. The predicted molar refractivity (Wildman–Crippen MR) is 127 cm³/mol. The Balaban J connectivity index is 1.63. The van der Waals surface area contributed by atoms with Crippen LogP contribution in [0.1, 0.15) is 26.7 Å². The molecule has 0 radical (unpaired) electrons. The van der Waals surface area contributed by atoms with Gasteiger partial charge in [-0.1, -0.05) is 6.92 Å². The molecule has 1 aromatic heterocycles. The molecule has 1 saturated heterocycles. The third-order valence-electron chi connectivity index (χ3n) is 5.77. The molecule has 3 rings (SSSR count). The molecule has 1 fully saturated rings. The molecule has 178 valence electrons. The van der Waals surface area contributed by atoms with Crippen LogP contribution in [-0.4, -0.2) is 85.3 Å². The summed E-state index contributed by atoms with van der Waals surface area (Å²) in [5.74, 6) is 2.02. The van der Waals surface area contributed by atoms with Crippen molar-refractivity contribution in [2.75, 3.05) is 58.4 Å². The van der Waals surface area contributed by atoms with Crippen molar-refractivity contribution in [2.45, 2.75) is 26.7 Å². The lowest BCUT2D eigenvalue weighted by Gasteiger charge is -2.26. The van der Waals surface area contributed by atoms with E-state index >= 15 is 0 Å². The number of rotatable bonds is 8. The predicted octanol–water partition coefficient (Wildman–Crippen LogP) is 2.46. The lowest BCUT2D eigenvalue weighted by Crippen LogP contribution is -2.43. The molecule has 0 unspecified atom stereocenters. The quantitative estimate of drug-likeness (QED) is 0.604. The highest BCUT2D eigenvalue weighted by Gasteiger charge is 2.22. The zero-order valence-corrected chi connectivity index (χ0v) is 19.9. The highest BCUT2D eigenvalue weighted by molar-refractivity contribution is 5.84. The molecule has 1 aliphatic heterocycles. The summed E-state index contributed by atoms with van der Waals surface area (Å²) in [6.45, 7) is 6.98. The number of hydrogen-bond acceptors (Lipinski definition) is 7. The van der Waals surface area contributed by atoms with Crippen molar-refractivity contribution in [3.63, 3.8) is 0 Å². The van der Waals surface area contributed by atoms with E-state index in [2.05, 4.69) is 15.1 Å². The Morgan fingerprint density at radius 3 is 2.42 bits per heavy atom. The minimum atomic E-state index is -0.0634. The Morgan fingerprint density at radius 2 is 1.79 bits per heavy atom. The average molecular weight is 456 g/mol. The molecule has 0 spiro atoms. The van der Waals surface area contributed by atoms with E-state index in [-0.39, 0.29) is 18.4 Å². The molecule has 9 heteroatoms. The van der Waals surface area contributed by atoms with Gasteiger partial charge >= 0.3 is 0 Å². The van der Waals surface area contributed by atoms with Crippen LogP contribution in [0.5, 0.6) is 11.5 Å². The number of aromatic nitrogens is 2. The summed E-state index contributed by atoms with van der Waals surface area (Å²) in [5.41, 5.74) is 1.63. The largest absolute Gasteiger partial charge is 0.493 e. The van der Waals surface area contributed by atoms with E-state index in [1.807, 2.05) is 42.2 Å². The lowest BCUT2D eigenvalue weighted by molar-refractivity contribution is -0.139. The zero-order chi connectivity index (χ0) is 23.8. The second kappa shape index (κ2) is 11.5. The third-order valence-corrected chi connectivity index (χ3v) is 5.77. The van der Waals surface area contributed by atoms with Gasteiger partial charge in [0.2, 0.25) is 11.8 Å². The Morgan fingerprint density at radius 1 is 1.00 bits per heavy atom. The summed E-state index contributed by atoms with van der Waals surface area (Å²) >= 11 is 0. The van der Waals surface area contributed by atoms with Gasteiger partial charge in [-0.25, -0.2) is 0 Å². The summed E-state index contributed by atoms with van der Waals surface area (Å²) in [4.78, 5) is 30.1. The van der Waals surface area contributed by atoms with Gasteiger partial charge in [0.1, 0.15) is 0 Å². The van der Waals surface area contributed by atoms with Gasteiger partial charge in [0, 0.05) is 45.2 Å². The first-order valence-corrected chi connectivity index (χ1v) is 11.3. The van der Waals surface area contributed by atoms with Crippen LogP contribution >= 0.6 is 0 Å². The topological polar surface area (TPSA) is 88.1 Å². The van der Waals surface area contributed by atoms with E-state index in [0.717, 1.165) is 36.5 Å². The van der Waals surface area contributed by atoms with Gasteiger partial charge in [0.25, 0.3) is 0 Å². The first-order chi connectivity index (χ1) is 16.0. The van der Waals surface area contributed by atoms with Crippen molar-refractivity contribution < 1.29 is 19.1 Å². The van der Waals surface area contributed by atoms with Crippen LogP contribution in [-0.2, 0) is 9.59 Å². The summed E-state index contributed by atoms with van der Waals surface area (Å²) in [6, 6.07) is 9.53. The highest BCUT2D eigenvalue weighted by atomic mass is 16.5. The van der Waals surface area contributed by atoms with Crippen molar-refractivity contribution in [1.29, 1.82) is 0 Å². The van der Waals surface area contributed by atoms with Crippen LogP contribution < -0.4 is 14.4 Å². The Kier molecular flexibility index (Phi) is 8.46. The molecule has 1 aliphatic rings. The van der Waals surface area contributed by atoms with Gasteiger partial charge in [-0.05, 0) is 43.2 Å². The normalized spacial score (nSPS) is 13.9. The van der Waals surface area contributed by atoms with Crippen molar-refractivity contribution in [1.82, 2.24) is 20.0 Å². The van der Waals surface area contributed by atoms with Gasteiger partial charge < -0.3 is 24.2 Å². The van der Waals surface area contributed by atoms with Crippen molar-refractivity contribution in [2.24, 2.45) is 0 Å². The third kappa shape index (κ3) is 6.12. The number of carbonyl (C=O) groups is 2. The van der Waals surface area contributed by atoms with Crippen LogP contribution in [0.2, 0.25) is 0 Å². The van der Waals surface area contributed by atoms with Crippen molar-refractivity contribution in [3.05, 3.63) is 30.3 Å².